The molecule has 3 aromatic rings. The van der Waals surface area contributed by atoms with Crippen molar-refractivity contribution in [2.45, 2.75) is 37.1 Å². The first-order valence-electron chi connectivity index (χ1n) is 9.63. The zero-order valence-electron chi connectivity index (χ0n) is 15.6. The number of aromatic nitrogens is 3. The predicted molar refractivity (Wildman–Crippen MR) is 104 cm³/mol. The molecule has 5 rings (SSSR count). The Kier molecular flexibility index (Phi) is 4.21. The van der Waals surface area contributed by atoms with E-state index in [0.29, 0.717) is 25.2 Å². The maximum atomic E-state index is 12.8. The van der Waals surface area contributed by atoms with Crippen LogP contribution in [0.15, 0.2) is 43.2 Å². The highest BCUT2D eigenvalue weighted by atomic mass is 32.2. The molecule has 2 aliphatic rings. The zero-order valence-corrected chi connectivity index (χ0v) is 16.4. The van der Waals surface area contributed by atoms with Crippen LogP contribution in [0.2, 0.25) is 0 Å². The molecule has 1 aromatic carbocycles. The highest BCUT2D eigenvalue weighted by Crippen LogP contribution is 2.27. The Morgan fingerprint density at radius 3 is 2.76 bits per heavy atom. The summed E-state index contributed by atoms with van der Waals surface area (Å²) in [6.45, 7) is 1.05. The van der Waals surface area contributed by atoms with Crippen LogP contribution in [0.1, 0.15) is 24.1 Å². The summed E-state index contributed by atoms with van der Waals surface area (Å²) in [6.07, 6.45) is 3.96. The van der Waals surface area contributed by atoms with Crippen molar-refractivity contribution in [3.8, 4) is 0 Å². The lowest BCUT2D eigenvalue weighted by atomic mass is 9.97. The van der Waals surface area contributed by atoms with E-state index < -0.39 is 15.8 Å². The number of fused-ring (bicyclic) bond motifs is 2. The molecule has 1 fully saturated rings. The quantitative estimate of drug-likeness (QED) is 0.674. The molecule has 3 heterocycles. The number of oxazole rings is 1. The van der Waals surface area contributed by atoms with Crippen molar-refractivity contribution in [3.63, 3.8) is 0 Å². The number of H-pyrrole nitrogens is 1. The molecular weight excluding hydrogens is 396 g/mol. The number of hydrogen-bond donors (Lipinski definition) is 1. The molecule has 0 saturated carbocycles. The van der Waals surface area contributed by atoms with Gasteiger partial charge in [0, 0.05) is 31.1 Å². The van der Waals surface area contributed by atoms with Gasteiger partial charge in [-0.3, -0.25) is 9.78 Å². The lowest BCUT2D eigenvalue weighted by Crippen LogP contribution is -2.52. The van der Waals surface area contributed by atoms with Gasteiger partial charge in [0.2, 0.25) is 10.0 Å². The Morgan fingerprint density at radius 1 is 1.14 bits per heavy atom. The van der Waals surface area contributed by atoms with E-state index >= 15 is 0 Å². The van der Waals surface area contributed by atoms with Gasteiger partial charge in [-0.05, 0) is 43.4 Å². The summed E-state index contributed by atoms with van der Waals surface area (Å²) in [5.74, 6) is -0.591. The second-order valence-corrected chi connectivity index (χ2v) is 9.64. The molecule has 0 radical (unpaired) electrons. The Balaban J connectivity index is 1.31. The lowest BCUT2D eigenvalue weighted by Gasteiger charge is -2.38. The van der Waals surface area contributed by atoms with Gasteiger partial charge in [-0.15, -0.1) is 0 Å². The van der Waals surface area contributed by atoms with Crippen LogP contribution in [0.25, 0.3) is 11.1 Å². The molecular formula is C19H20N4O5S. The number of aromatic amines is 1. The first kappa shape index (κ1) is 18.3. The zero-order chi connectivity index (χ0) is 20.2. The Bertz CT molecular complexity index is 1310. The molecule has 0 amide bonds. The van der Waals surface area contributed by atoms with Crippen LogP contribution >= 0.6 is 0 Å². The van der Waals surface area contributed by atoms with Crippen LogP contribution in [0.4, 0.5) is 0 Å². The third kappa shape index (κ3) is 3.22. The van der Waals surface area contributed by atoms with E-state index in [1.54, 1.807) is 6.07 Å². The van der Waals surface area contributed by atoms with Crippen LogP contribution in [0.5, 0.6) is 0 Å². The highest BCUT2D eigenvalue weighted by molar-refractivity contribution is 7.89. The van der Waals surface area contributed by atoms with Gasteiger partial charge in [-0.1, -0.05) is 0 Å². The summed E-state index contributed by atoms with van der Waals surface area (Å²) >= 11 is 0. The van der Waals surface area contributed by atoms with E-state index in [4.69, 9.17) is 4.42 Å². The van der Waals surface area contributed by atoms with Crippen molar-refractivity contribution in [2.75, 3.05) is 13.1 Å². The summed E-state index contributed by atoms with van der Waals surface area (Å²) in [4.78, 5) is 26.2. The molecule has 1 aliphatic heterocycles. The van der Waals surface area contributed by atoms with E-state index in [1.807, 2.05) is 0 Å². The second-order valence-electron chi connectivity index (χ2n) is 7.70. The summed E-state index contributed by atoms with van der Waals surface area (Å²) in [5.41, 5.74) is 2.56. The fourth-order valence-electron chi connectivity index (χ4n) is 4.05. The van der Waals surface area contributed by atoms with Gasteiger partial charge >= 0.3 is 5.76 Å². The van der Waals surface area contributed by atoms with Crippen LogP contribution < -0.4 is 11.3 Å². The van der Waals surface area contributed by atoms with Gasteiger partial charge < -0.3 is 4.42 Å². The minimum atomic E-state index is -3.68. The number of nitrogens with zero attached hydrogens (tertiary/aromatic N) is 3. The molecule has 0 spiro atoms. The number of rotatable bonds is 4. The normalized spacial score (nSPS) is 17.9. The van der Waals surface area contributed by atoms with Crippen molar-refractivity contribution in [1.29, 1.82) is 0 Å². The topological polar surface area (TPSA) is 118 Å². The van der Waals surface area contributed by atoms with Crippen LogP contribution in [-0.2, 0) is 29.4 Å². The van der Waals surface area contributed by atoms with E-state index in [9.17, 15) is 18.0 Å². The second kappa shape index (κ2) is 6.67. The van der Waals surface area contributed by atoms with Crippen molar-refractivity contribution < 1.29 is 12.8 Å². The van der Waals surface area contributed by atoms with E-state index in [-0.39, 0.29) is 22.0 Å². The predicted octanol–water partition coefficient (Wildman–Crippen LogP) is 0.877. The fraction of sp³-hybridized carbons (Fsp3) is 0.421. The van der Waals surface area contributed by atoms with Gasteiger partial charge in [-0.25, -0.2) is 17.9 Å². The molecule has 2 aromatic heterocycles. The molecule has 1 aliphatic carbocycles. The Morgan fingerprint density at radius 2 is 1.93 bits per heavy atom. The lowest BCUT2D eigenvalue weighted by molar-refractivity contribution is 0.172. The van der Waals surface area contributed by atoms with Crippen LogP contribution in [-0.4, -0.2) is 40.6 Å². The van der Waals surface area contributed by atoms with Crippen LogP contribution in [0, 0.1) is 5.92 Å². The maximum Gasteiger partial charge on any atom is 0.417 e. The summed E-state index contributed by atoms with van der Waals surface area (Å²) in [5, 5.41) is 4.51. The highest BCUT2D eigenvalue weighted by Gasteiger charge is 2.37. The largest absolute Gasteiger partial charge is 0.417 e. The van der Waals surface area contributed by atoms with Crippen molar-refractivity contribution >= 4 is 21.1 Å². The van der Waals surface area contributed by atoms with Crippen LogP contribution in [0.3, 0.4) is 0 Å². The molecule has 1 saturated heterocycles. The van der Waals surface area contributed by atoms with Gasteiger partial charge in [-0.2, -0.15) is 9.40 Å². The van der Waals surface area contributed by atoms with Gasteiger partial charge in [0.15, 0.2) is 5.58 Å². The summed E-state index contributed by atoms with van der Waals surface area (Å²) in [6, 6.07) is 5.99. The molecule has 152 valence electrons. The van der Waals surface area contributed by atoms with E-state index in [2.05, 4.69) is 10.1 Å². The first-order chi connectivity index (χ1) is 13.9. The monoisotopic (exact) mass is 416 g/mol. The number of hydrogen-bond acceptors (Lipinski definition) is 6. The molecule has 10 heteroatoms. The number of benzene rings is 1. The maximum absolute atomic E-state index is 12.8. The van der Waals surface area contributed by atoms with Gasteiger partial charge in [0.05, 0.1) is 22.7 Å². The summed E-state index contributed by atoms with van der Waals surface area (Å²) in [7, 11) is -3.68. The standard InChI is InChI=1S/C19H20N4O5S/c24-18-7-13-3-1-2-4-15(13)21-23(18)11-12-9-22(10-12)29(26,27)14-5-6-16-17(8-14)28-19(25)20-16/h5-8,12H,1-4,9-11H2,(H,20,25). The molecule has 0 unspecified atom stereocenters. The van der Waals surface area contributed by atoms with Gasteiger partial charge in [0.1, 0.15) is 0 Å². The Hall–Kier alpha value is -2.72. The van der Waals surface area contributed by atoms with Crippen molar-refractivity contribution in [2.24, 2.45) is 5.92 Å². The van der Waals surface area contributed by atoms with E-state index in [0.717, 1.165) is 36.9 Å². The number of nitrogens with one attached hydrogen (secondary N) is 1. The van der Waals surface area contributed by atoms with Crippen molar-refractivity contribution in [1.82, 2.24) is 19.1 Å². The molecule has 0 atom stereocenters. The average molecular weight is 416 g/mol. The fourth-order valence-corrected chi connectivity index (χ4v) is 5.65. The summed E-state index contributed by atoms with van der Waals surface area (Å²) < 4.78 is 33.5. The SMILES string of the molecule is O=c1[nH]c2ccc(S(=O)(=O)N3CC(Cn4nc5c(cc4=O)CCCC5)C3)cc2o1. The third-order valence-corrected chi connectivity index (χ3v) is 7.49. The smallest absolute Gasteiger partial charge is 0.408 e. The average Bonchev–Trinajstić information content (AvgIpc) is 3.03. The molecule has 29 heavy (non-hydrogen) atoms. The molecule has 1 N–H and O–H groups in total. The van der Waals surface area contributed by atoms with Crippen molar-refractivity contribution in [3.05, 3.63) is 56.4 Å². The number of aryl methyl sites for hydroxylation is 2. The molecule has 0 bridgehead atoms. The Labute approximate surface area is 166 Å². The van der Waals surface area contributed by atoms with Gasteiger partial charge in [0.25, 0.3) is 5.56 Å². The minimum Gasteiger partial charge on any atom is -0.408 e. The minimum absolute atomic E-state index is 0.0329. The first-order valence-corrected chi connectivity index (χ1v) is 11.1. The molecule has 9 nitrogen and oxygen atoms in total. The number of sulfonamides is 1. The third-order valence-electron chi connectivity index (χ3n) is 5.66. The van der Waals surface area contributed by atoms with E-state index in [1.165, 1.54) is 27.2 Å².